The second-order valence-corrected chi connectivity index (χ2v) is 5.12. The Balaban J connectivity index is 2.52. The predicted octanol–water partition coefficient (Wildman–Crippen LogP) is 1.49. The highest BCUT2D eigenvalue weighted by Gasteiger charge is 2.32. The van der Waals surface area contributed by atoms with Crippen LogP contribution < -0.4 is 15.4 Å². The van der Waals surface area contributed by atoms with Crippen LogP contribution in [0, 0.1) is 0 Å². The smallest absolute Gasteiger partial charge is 0.405 e. The summed E-state index contributed by atoms with van der Waals surface area (Å²) in [6.45, 7) is 0.397. The molecule has 10 heteroatoms. The Morgan fingerprint density at radius 2 is 1.92 bits per heavy atom. The van der Waals surface area contributed by atoms with E-state index in [1.54, 1.807) is 6.07 Å². The molecule has 1 aromatic carbocycles. The number of nitrogens with one attached hydrogen (secondary N) is 2. The number of hydrogen-bond acceptors (Lipinski definition) is 5. The molecule has 0 aliphatic carbocycles. The topological polar surface area (TPSA) is 79.9 Å². The number of urea groups is 1. The van der Waals surface area contributed by atoms with Crippen molar-refractivity contribution in [1.29, 1.82) is 0 Å². The Morgan fingerprint density at radius 1 is 1.24 bits per heavy atom. The van der Waals surface area contributed by atoms with Crippen LogP contribution in [0.1, 0.15) is 5.56 Å². The van der Waals surface area contributed by atoms with E-state index in [4.69, 9.17) is 4.74 Å². The molecular weight excluding hydrogens is 343 g/mol. The van der Waals surface area contributed by atoms with E-state index >= 15 is 0 Å². The number of alkyl halides is 3. The molecule has 0 saturated heterocycles. The molecular formula is C15H20F3N3O4. The van der Waals surface area contributed by atoms with E-state index in [2.05, 4.69) is 15.4 Å². The van der Waals surface area contributed by atoms with Gasteiger partial charge in [-0.1, -0.05) is 18.2 Å². The first-order valence-corrected chi connectivity index (χ1v) is 7.30. The number of halogens is 3. The quantitative estimate of drug-likeness (QED) is 0.684. The lowest BCUT2D eigenvalue weighted by molar-refractivity contribution is -0.275. The Hall–Kier alpha value is -2.33. The number of methoxy groups -OCH3 is 1. The van der Waals surface area contributed by atoms with E-state index < -0.39 is 18.3 Å². The molecule has 0 spiro atoms. The van der Waals surface area contributed by atoms with E-state index in [0.29, 0.717) is 6.61 Å². The maximum absolute atomic E-state index is 12.4. The third-order valence-electron chi connectivity index (χ3n) is 2.90. The number of nitrogens with zero attached hydrogens (tertiary/aromatic N) is 1. The van der Waals surface area contributed by atoms with Gasteiger partial charge in [-0.3, -0.25) is 15.0 Å². The maximum atomic E-state index is 12.4. The summed E-state index contributed by atoms with van der Waals surface area (Å²) in [7, 11) is 3.01. The monoisotopic (exact) mass is 363 g/mol. The molecule has 0 bridgehead atoms. The number of para-hydroxylation sites is 1. The number of benzene rings is 1. The number of imide groups is 1. The van der Waals surface area contributed by atoms with Crippen molar-refractivity contribution in [2.45, 2.75) is 12.9 Å². The molecule has 0 unspecified atom stereocenters. The minimum atomic E-state index is -4.80. The Labute approximate surface area is 143 Å². The summed E-state index contributed by atoms with van der Waals surface area (Å²) in [6, 6.07) is 4.97. The summed E-state index contributed by atoms with van der Waals surface area (Å²) >= 11 is 0. The van der Waals surface area contributed by atoms with Gasteiger partial charge in [0.05, 0.1) is 13.2 Å². The van der Waals surface area contributed by atoms with Gasteiger partial charge in [0.1, 0.15) is 5.75 Å². The van der Waals surface area contributed by atoms with Crippen LogP contribution >= 0.6 is 0 Å². The third kappa shape index (κ3) is 8.91. The summed E-state index contributed by atoms with van der Waals surface area (Å²) in [5, 5.41) is 4.52. The number of carbonyl (C=O) groups is 2. The second kappa shape index (κ2) is 9.84. The van der Waals surface area contributed by atoms with Crippen molar-refractivity contribution in [3.63, 3.8) is 0 Å². The van der Waals surface area contributed by atoms with Crippen LogP contribution in [0.5, 0.6) is 5.75 Å². The second-order valence-electron chi connectivity index (χ2n) is 5.12. The molecule has 1 aromatic rings. The first-order chi connectivity index (χ1) is 11.7. The molecule has 0 fully saturated rings. The molecule has 0 aromatic heterocycles. The van der Waals surface area contributed by atoms with E-state index in [9.17, 15) is 22.8 Å². The van der Waals surface area contributed by atoms with Crippen molar-refractivity contribution >= 4 is 11.9 Å². The number of hydrogen-bond donors (Lipinski definition) is 2. The van der Waals surface area contributed by atoms with Crippen LogP contribution in [0.4, 0.5) is 18.0 Å². The van der Waals surface area contributed by atoms with Crippen molar-refractivity contribution in [3.05, 3.63) is 29.8 Å². The van der Waals surface area contributed by atoms with E-state index in [0.717, 1.165) is 0 Å². The standard InChI is InChI=1S/C15H20F3N3O4/c1-21(10-13(22)20-14(23)19-7-8-24-2)9-11-5-3-4-6-12(11)25-15(16,17)18/h3-6H,7-10H2,1-2H3,(H2,19,20,22,23). The average molecular weight is 363 g/mol. The molecule has 0 aliphatic heterocycles. The average Bonchev–Trinajstić information content (AvgIpc) is 2.47. The summed E-state index contributed by atoms with van der Waals surface area (Å²) in [5.41, 5.74) is 0.264. The van der Waals surface area contributed by atoms with Crippen LogP contribution in [0.2, 0.25) is 0 Å². The molecule has 3 amide bonds. The number of carbonyl (C=O) groups excluding carboxylic acids is 2. The van der Waals surface area contributed by atoms with Crippen LogP contribution in [-0.4, -0.2) is 57.1 Å². The van der Waals surface area contributed by atoms with E-state index in [1.807, 2.05) is 0 Å². The van der Waals surface area contributed by atoms with Crippen molar-refractivity contribution < 1.29 is 32.2 Å². The van der Waals surface area contributed by atoms with Crippen molar-refractivity contribution in [2.24, 2.45) is 0 Å². The Kier molecular flexibility index (Phi) is 8.16. The molecule has 0 saturated carbocycles. The van der Waals surface area contributed by atoms with Gasteiger partial charge in [0.15, 0.2) is 0 Å². The fraction of sp³-hybridized carbons (Fsp3) is 0.467. The number of amides is 3. The Bertz CT molecular complexity index is 581. The normalized spacial score (nSPS) is 11.3. The molecule has 1 rings (SSSR count). The van der Waals surface area contributed by atoms with Gasteiger partial charge >= 0.3 is 12.4 Å². The molecule has 2 N–H and O–H groups in total. The number of likely N-dealkylation sites (N-methyl/N-ethyl adjacent to an activating group) is 1. The third-order valence-corrected chi connectivity index (χ3v) is 2.90. The molecule has 0 aliphatic rings. The van der Waals surface area contributed by atoms with Gasteiger partial charge < -0.3 is 14.8 Å². The summed E-state index contributed by atoms with van der Waals surface area (Å²) in [5.74, 6) is -0.925. The molecule has 140 valence electrons. The first-order valence-electron chi connectivity index (χ1n) is 7.30. The lowest BCUT2D eigenvalue weighted by Gasteiger charge is -2.19. The van der Waals surface area contributed by atoms with Crippen LogP contribution in [0.25, 0.3) is 0 Å². The summed E-state index contributed by atoms with van der Waals surface area (Å²) in [6.07, 6.45) is -4.80. The fourth-order valence-electron chi connectivity index (χ4n) is 1.93. The maximum Gasteiger partial charge on any atom is 0.573 e. The largest absolute Gasteiger partial charge is 0.573 e. The van der Waals surface area contributed by atoms with Gasteiger partial charge in [-0.15, -0.1) is 13.2 Å². The lowest BCUT2D eigenvalue weighted by atomic mass is 10.2. The highest BCUT2D eigenvalue weighted by Crippen LogP contribution is 2.26. The van der Waals surface area contributed by atoms with Crippen molar-refractivity contribution in [1.82, 2.24) is 15.5 Å². The van der Waals surface area contributed by atoms with Gasteiger partial charge in [0, 0.05) is 25.8 Å². The number of rotatable bonds is 8. The number of ether oxygens (including phenoxy) is 2. The first kappa shape index (κ1) is 20.7. The Morgan fingerprint density at radius 3 is 2.56 bits per heavy atom. The van der Waals surface area contributed by atoms with Gasteiger partial charge in [-0.2, -0.15) is 0 Å². The highest BCUT2D eigenvalue weighted by molar-refractivity contribution is 5.95. The fourth-order valence-corrected chi connectivity index (χ4v) is 1.93. The SMILES string of the molecule is COCCNC(=O)NC(=O)CN(C)Cc1ccccc1OC(F)(F)F. The lowest BCUT2D eigenvalue weighted by Crippen LogP contribution is -2.44. The summed E-state index contributed by atoms with van der Waals surface area (Å²) < 4.78 is 45.9. The zero-order valence-corrected chi connectivity index (χ0v) is 13.9. The highest BCUT2D eigenvalue weighted by atomic mass is 19.4. The van der Waals surface area contributed by atoms with E-state index in [1.165, 1.54) is 37.3 Å². The van der Waals surface area contributed by atoms with Crippen LogP contribution in [0.3, 0.4) is 0 Å². The molecule has 0 radical (unpaired) electrons. The van der Waals surface area contributed by atoms with Crippen molar-refractivity contribution in [2.75, 3.05) is 33.9 Å². The predicted molar refractivity (Wildman–Crippen MR) is 82.9 cm³/mol. The minimum absolute atomic E-state index is 0.0327. The zero-order chi connectivity index (χ0) is 18.9. The van der Waals surface area contributed by atoms with Gasteiger partial charge in [-0.05, 0) is 13.1 Å². The van der Waals surface area contributed by atoms with E-state index in [-0.39, 0.29) is 30.9 Å². The molecule has 7 nitrogen and oxygen atoms in total. The van der Waals surface area contributed by atoms with Gasteiger partial charge in [-0.25, -0.2) is 4.79 Å². The van der Waals surface area contributed by atoms with Gasteiger partial charge in [0.25, 0.3) is 0 Å². The van der Waals surface area contributed by atoms with Crippen molar-refractivity contribution in [3.8, 4) is 5.75 Å². The molecule has 0 heterocycles. The molecule has 25 heavy (non-hydrogen) atoms. The van der Waals surface area contributed by atoms with Crippen LogP contribution in [0.15, 0.2) is 24.3 Å². The van der Waals surface area contributed by atoms with Crippen LogP contribution in [-0.2, 0) is 16.1 Å². The molecule has 0 atom stereocenters. The summed E-state index contributed by atoms with van der Waals surface area (Å²) in [4.78, 5) is 24.6. The van der Waals surface area contributed by atoms with Gasteiger partial charge in [0.2, 0.25) is 5.91 Å². The zero-order valence-electron chi connectivity index (χ0n) is 13.9. The minimum Gasteiger partial charge on any atom is -0.405 e.